The van der Waals surface area contributed by atoms with E-state index in [9.17, 15) is 18.9 Å². The third kappa shape index (κ3) is 2.12. The molecule has 0 fully saturated rings. The van der Waals surface area contributed by atoms with Crippen molar-refractivity contribution >= 4 is 11.5 Å². The second kappa shape index (κ2) is 4.63. The maximum Gasteiger partial charge on any atom is 0.308 e. The van der Waals surface area contributed by atoms with Gasteiger partial charge in [-0.25, -0.2) is 4.39 Å². The first-order valence-corrected chi connectivity index (χ1v) is 5.33. The van der Waals surface area contributed by atoms with Crippen LogP contribution in [0, 0.1) is 21.7 Å². The molecule has 0 radical (unpaired) electrons. The maximum atomic E-state index is 14.0. The summed E-state index contributed by atoms with van der Waals surface area (Å²) in [5, 5.41) is 14.1. The first-order chi connectivity index (χ1) is 8.95. The van der Waals surface area contributed by atoms with Gasteiger partial charge in [-0.05, 0) is 12.5 Å². The molecule has 19 heavy (non-hydrogen) atoms. The molecule has 8 heteroatoms. The standard InChI is InChI=1S/C11H9F2N3O3/c1-2-6-10(19-15-11(6)14)7-3-5(12)4-8(9(7)13)16(17)18/h3-4H,2H2,1H3,(H2,14,15). The molecule has 2 N–H and O–H groups in total. The Hall–Kier alpha value is -2.51. The molecule has 0 aliphatic rings. The molecule has 0 spiro atoms. The molecule has 0 bridgehead atoms. The molecule has 2 aromatic rings. The van der Waals surface area contributed by atoms with E-state index in [2.05, 4.69) is 5.16 Å². The SMILES string of the molecule is CCc1c(N)noc1-c1cc(F)cc([N+](=O)[O-])c1F. The molecule has 1 aromatic carbocycles. The van der Waals surface area contributed by atoms with E-state index in [4.69, 9.17) is 10.3 Å². The Morgan fingerprint density at radius 1 is 1.47 bits per heavy atom. The summed E-state index contributed by atoms with van der Waals surface area (Å²) in [4.78, 5) is 9.64. The minimum Gasteiger partial charge on any atom is -0.381 e. The van der Waals surface area contributed by atoms with Crippen LogP contribution in [0.3, 0.4) is 0 Å². The molecule has 0 amide bonds. The van der Waals surface area contributed by atoms with Crippen LogP contribution in [0.2, 0.25) is 0 Å². The number of anilines is 1. The monoisotopic (exact) mass is 269 g/mol. The quantitative estimate of drug-likeness (QED) is 0.682. The van der Waals surface area contributed by atoms with Crippen LogP contribution >= 0.6 is 0 Å². The van der Waals surface area contributed by atoms with Crippen molar-refractivity contribution in [1.29, 1.82) is 0 Å². The highest BCUT2D eigenvalue weighted by molar-refractivity contribution is 5.69. The normalized spacial score (nSPS) is 10.7. The summed E-state index contributed by atoms with van der Waals surface area (Å²) in [5.74, 6) is -2.18. The summed E-state index contributed by atoms with van der Waals surface area (Å²) in [6.45, 7) is 1.72. The Morgan fingerprint density at radius 2 is 2.16 bits per heavy atom. The van der Waals surface area contributed by atoms with Crippen molar-refractivity contribution in [3.8, 4) is 11.3 Å². The van der Waals surface area contributed by atoms with Crippen molar-refractivity contribution in [1.82, 2.24) is 5.16 Å². The Kier molecular flexibility index (Phi) is 3.16. The molecule has 1 heterocycles. The summed E-state index contributed by atoms with van der Waals surface area (Å²) < 4.78 is 32.1. The lowest BCUT2D eigenvalue weighted by molar-refractivity contribution is -0.387. The zero-order chi connectivity index (χ0) is 14.2. The molecule has 0 atom stereocenters. The summed E-state index contributed by atoms with van der Waals surface area (Å²) in [7, 11) is 0. The number of nitro groups is 1. The van der Waals surface area contributed by atoms with Crippen molar-refractivity contribution in [2.24, 2.45) is 0 Å². The van der Waals surface area contributed by atoms with Gasteiger partial charge in [-0.15, -0.1) is 0 Å². The molecule has 0 saturated carbocycles. The molecule has 0 aliphatic carbocycles. The van der Waals surface area contributed by atoms with Crippen LogP contribution in [0.5, 0.6) is 0 Å². The Balaban J connectivity index is 2.72. The number of hydrogen-bond acceptors (Lipinski definition) is 5. The lowest BCUT2D eigenvalue weighted by Gasteiger charge is -2.02. The van der Waals surface area contributed by atoms with E-state index >= 15 is 0 Å². The average molecular weight is 269 g/mol. The number of benzene rings is 1. The van der Waals surface area contributed by atoms with Crippen LogP contribution in [0.4, 0.5) is 20.3 Å². The van der Waals surface area contributed by atoms with Gasteiger partial charge in [0.05, 0.1) is 16.6 Å². The average Bonchev–Trinajstić information content (AvgIpc) is 2.72. The van der Waals surface area contributed by atoms with Crippen LogP contribution in [0.1, 0.15) is 12.5 Å². The molecular formula is C11H9F2N3O3. The molecule has 0 aliphatic heterocycles. The highest BCUT2D eigenvalue weighted by atomic mass is 19.1. The Labute approximate surface area is 106 Å². The van der Waals surface area contributed by atoms with Crippen molar-refractivity contribution in [2.45, 2.75) is 13.3 Å². The number of hydrogen-bond donors (Lipinski definition) is 1. The minimum atomic E-state index is -1.18. The van der Waals surface area contributed by atoms with E-state index in [1.54, 1.807) is 6.92 Å². The minimum absolute atomic E-state index is 0.0452. The van der Waals surface area contributed by atoms with E-state index in [0.717, 1.165) is 6.07 Å². The van der Waals surface area contributed by atoms with E-state index < -0.39 is 22.2 Å². The number of halogens is 2. The number of nitrogen functional groups attached to an aromatic ring is 1. The van der Waals surface area contributed by atoms with Gasteiger partial charge in [0.25, 0.3) is 0 Å². The van der Waals surface area contributed by atoms with E-state index in [0.29, 0.717) is 18.1 Å². The number of rotatable bonds is 3. The second-order valence-corrected chi connectivity index (χ2v) is 3.77. The first-order valence-electron chi connectivity index (χ1n) is 5.33. The van der Waals surface area contributed by atoms with Crippen LogP contribution in [-0.2, 0) is 6.42 Å². The maximum absolute atomic E-state index is 14.0. The van der Waals surface area contributed by atoms with Gasteiger partial charge in [-0.2, -0.15) is 4.39 Å². The lowest BCUT2D eigenvalue weighted by Crippen LogP contribution is -1.98. The third-order valence-electron chi connectivity index (χ3n) is 2.63. The second-order valence-electron chi connectivity index (χ2n) is 3.77. The zero-order valence-corrected chi connectivity index (χ0v) is 9.81. The van der Waals surface area contributed by atoms with Gasteiger partial charge in [0.2, 0.25) is 5.82 Å². The van der Waals surface area contributed by atoms with E-state index in [1.807, 2.05) is 0 Å². The van der Waals surface area contributed by atoms with Crippen LogP contribution in [-0.4, -0.2) is 10.1 Å². The number of aromatic nitrogens is 1. The molecular weight excluding hydrogens is 260 g/mol. The zero-order valence-electron chi connectivity index (χ0n) is 9.81. The lowest BCUT2D eigenvalue weighted by atomic mass is 10.1. The first kappa shape index (κ1) is 12.9. The summed E-state index contributed by atoms with van der Waals surface area (Å²) in [6, 6.07) is 1.31. The van der Waals surface area contributed by atoms with Gasteiger partial charge in [0.1, 0.15) is 5.82 Å². The van der Waals surface area contributed by atoms with Crippen LogP contribution in [0.25, 0.3) is 11.3 Å². The Morgan fingerprint density at radius 3 is 2.74 bits per heavy atom. The van der Waals surface area contributed by atoms with Gasteiger partial charge >= 0.3 is 5.69 Å². The van der Waals surface area contributed by atoms with Crippen LogP contribution in [0.15, 0.2) is 16.7 Å². The number of nitro benzene ring substituents is 1. The predicted octanol–water partition coefficient (Wildman–Crippen LogP) is 2.67. The molecule has 1 aromatic heterocycles. The summed E-state index contributed by atoms with van der Waals surface area (Å²) in [5.41, 5.74) is 4.56. The highest BCUT2D eigenvalue weighted by Gasteiger charge is 2.25. The summed E-state index contributed by atoms with van der Waals surface area (Å²) in [6.07, 6.45) is 0.369. The van der Waals surface area contributed by atoms with Crippen molar-refractivity contribution < 1.29 is 18.2 Å². The van der Waals surface area contributed by atoms with Crippen molar-refractivity contribution in [3.63, 3.8) is 0 Å². The highest BCUT2D eigenvalue weighted by Crippen LogP contribution is 2.34. The van der Waals surface area contributed by atoms with Crippen molar-refractivity contribution in [3.05, 3.63) is 39.4 Å². The number of nitrogens with two attached hydrogens (primary N) is 1. The fourth-order valence-electron chi connectivity index (χ4n) is 1.75. The van der Waals surface area contributed by atoms with Crippen molar-refractivity contribution in [2.75, 3.05) is 5.73 Å². The predicted molar refractivity (Wildman–Crippen MR) is 62.3 cm³/mol. The van der Waals surface area contributed by atoms with E-state index in [-0.39, 0.29) is 17.1 Å². The van der Waals surface area contributed by atoms with E-state index in [1.165, 1.54) is 0 Å². The van der Waals surface area contributed by atoms with Gasteiger partial charge in [0.15, 0.2) is 11.6 Å². The van der Waals surface area contributed by atoms with Gasteiger partial charge in [-0.1, -0.05) is 12.1 Å². The van der Waals surface area contributed by atoms with Gasteiger partial charge < -0.3 is 10.3 Å². The number of nitrogens with zero attached hydrogens (tertiary/aromatic N) is 2. The molecule has 2 rings (SSSR count). The fourth-order valence-corrected chi connectivity index (χ4v) is 1.75. The van der Waals surface area contributed by atoms with Crippen LogP contribution < -0.4 is 5.73 Å². The summed E-state index contributed by atoms with van der Waals surface area (Å²) >= 11 is 0. The topological polar surface area (TPSA) is 95.2 Å². The molecule has 0 saturated heterocycles. The molecule has 6 nitrogen and oxygen atoms in total. The molecule has 100 valence electrons. The third-order valence-corrected chi connectivity index (χ3v) is 2.63. The smallest absolute Gasteiger partial charge is 0.308 e. The van der Waals surface area contributed by atoms with Gasteiger partial charge in [0, 0.05) is 5.56 Å². The Bertz CT molecular complexity index is 655. The van der Waals surface area contributed by atoms with Gasteiger partial charge in [-0.3, -0.25) is 10.1 Å². The fraction of sp³-hybridized carbons (Fsp3) is 0.182. The largest absolute Gasteiger partial charge is 0.381 e. The molecule has 0 unspecified atom stereocenters.